The van der Waals surface area contributed by atoms with Crippen molar-refractivity contribution in [3.63, 3.8) is 0 Å². The molecule has 0 unspecified atom stereocenters. The number of carbonyl (C=O) groups is 3. The van der Waals surface area contributed by atoms with Gasteiger partial charge in [-0.15, -0.1) is 0 Å². The summed E-state index contributed by atoms with van der Waals surface area (Å²) in [5, 5.41) is 4.97. The molecule has 4 heterocycles. The monoisotopic (exact) mass is 601 g/mol. The maximum Gasteiger partial charge on any atom is 0.308 e. The van der Waals surface area contributed by atoms with Crippen molar-refractivity contribution < 1.29 is 18.8 Å². The molecule has 1 saturated heterocycles. The molecule has 204 valence electrons. The van der Waals surface area contributed by atoms with Gasteiger partial charge >= 0.3 is 4.87 Å². The van der Waals surface area contributed by atoms with E-state index in [0.717, 1.165) is 33.9 Å². The SMILES string of the molecule is O=C(Cn1c2c(sc1=O)[C@@H](c1ccco1)[C@@H]1C(=O)N(c3ccc(Cl)cc3)C(=O)[C@@H]1S2)Nc1cccc2ccccc12. The van der Waals surface area contributed by atoms with E-state index >= 15 is 0 Å². The number of fused-ring (bicyclic) bond motifs is 3. The van der Waals surface area contributed by atoms with Crippen molar-refractivity contribution in [1.82, 2.24) is 4.57 Å². The van der Waals surface area contributed by atoms with Crippen molar-refractivity contribution in [3.8, 4) is 0 Å². The molecular weight excluding hydrogens is 582 g/mol. The Balaban J connectivity index is 1.25. The van der Waals surface area contributed by atoms with Crippen molar-refractivity contribution in [3.05, 3.63) is 110 Å². The number of furan rings is 1. The molecule has 1 fully saturated rings. The Hall–Kier alpha value is -4.12. The number of thiazole rings is 1. The maximum atomic E-state index is 13.8. The summed E-state index contributed by atoms with van der Waals surface area (Å²) < 4.78 is 7.12. The first-order valence-electron chi connectivity index (χ1n) is 12.8. The lowest BCUT2D eigenvalue weighted by Crippen LogP contribution is -2.32. The van der Waals surface area contributed by atoms with Gasteiger partial charge in [0.1, 0.15) is 17.6 Å². The molecule has 41 heavy (non-hydrogen) atoms. The Bertz CT molecular complexity index is 1890. The third kappa shape index (κ3) is 4.30. The van der Waals surface area contributed by atoms with Crippen LogP contribution in [0.15, 0.2) is 99.4 Å². The second-order valence-electron chi connectivity index (χ2n) is 9.74. The first-order valence-corrected chi connectivity index (χ1v) is 14.8. The molecule has 8 nitrogen and oxygen atoms in total. The number of anilines is 2. The molecule has 3 atom stereocenters. The summed E-state index contributed by atoms with van der Waals surface area (Å²) >= 11 is 8.16. The summed E-state index contributed by atoms with van der Waals surface area (Å²) in [6.07, 6.45) is 1.50. The highest BCUT2D eigenvalue weighted by Gasteiger charge is 2.57. The smallest absolute Gasteiger partial charge is 0.308 e. The Labute approximate surface area is 246 Å². The van der Waals surface area contributed by atoms with Crippen LogP contribution in [0.25, 0.3) is 10.8 Å². The first-order chi connectivity index (χ1) is 19.9. The van der Waals surface area contributed by atoms with Crippen molar-refractivity contribution in [2.75, 3.05) is 10.2 Å². The van der Waals surface area contributed by atoms with E-state index in [1.165, 1.54) is 15.7 Å². The van der Waals surface area contributed by atoms with Crippen LogP contribution < -0.4 is 15.1 Å². The number of benzene rings is 3. The fourth-order valence-corrected chi connectivity index (χ4v) is 8.42. The van der Waals surface area contributed by atoms with Gasteiger partial charge in [0.15, 0.2) is 0 Å². The number of nitrogens with one attached hydrogen (secondary N) is 1. The van der Waals surface area contributed by atoms with Gasteiger partial charge in [-0.05, 0) is 47.9 Å². The zero-order valence-electron chi connectivity index (χ0n) is 21.2. The minimum absolute atomic E-state index is 0.244. The lowest BCUT2D eigenvalue weighted by molar-refractivity contribution is -0.122. The highest BCUT2D eigenvalue weighted by Crippen LogP contribution is 2.54. The van der Waals surface area contributed by atoms with Crippen LogP contribution >= 0.6 is 34.7 Å². The molecule has 0 bridgehead atoms. The molecule has 0 saturated carbocycles. The quantitative estimate of drug-likeness (QED) is 0.258. The van der Waals surface area contributed by atoms with Gasteiger partial charge < -0.3 is 9.73 Å². The van der Waals surface area contributed by atoms with Crippen LogP contribution in [0, 0.1) is 5.92 Å². The highest BCUT2D eigenvalue weighted by molar-refractivity contribution is 8.00. The molecule has 5 aromatic rings. The predicted octanol–water partition coefficient (Wildman–Crippen LogP) is 5.74. The number of rotatable bonds is 5. The number of halogens is 1. The van der Waals surface area contributed by atoms with E-state index in [0.29, 0.717) is 32.1 Å². The lowest BCUT2D eigenvalue weighted by atomic mass is 9.87. The lowest BCUT2D eigenvalue weighted by Gasteiger charge is -2.29. The van der Waals surface area contributed by atoms with Crippen LogP contribution in [0.4, 0.5) is 11.4 Å². The highest BCUT2D eigenvalue weighted by atomic mass is 35.5. The van der Waals surface area contributed by atoms with Crippen LogP contribution in [0.2, 0.25) is 5.02 Å². The third-order valence-electron chi connectivity index (χ3n) is 7.35. The first kappa shape index (κ1) is 25.8. The van der Waals surface area contributed by atoms with Gasteiger partial charge in [0.05, 0.1) is 33.7 Å². The van der Waals surface area contributed by atoms with Gasteiger partial charge in [0.2, 0.25) is 17.7 Å². The van der Waals surface area contributed by atoms with E-state index in [1.54, 1.807) is 36.4 Å². The molecule has 0 spiro atoms. The minimum atomic E-state index is -0.804. The van der Waals surface area contributed by atoms with Crippen LogP contribution in [-0.2, 0) is 20.9 Å². The fourth-order valence-electron chi connectivity index (χ4n) is 5.54. The normalized spacial score (nSPS) is 19.8. The van der Waals surface area contributed by atoms with Crippen LogP contribution in [0.3, 0.4) is 0 Å². The number of aromatic nitrogens is 1. The van der Waals surface area contributed by atoms with E-state index in [4.69, 9.17) is 16.0 Å². The van der Waals surface area contributed by atoms with E-state index in [1.807, 2.05) is 42.5 Å². The molecule has 2 aliphatic heterocycles. The summed E-state index contributed by atoms with van der Waals surface area (Å²) in [7, 11) is 0. The van der Waals surface area contributed by atoms with Gasteiger partial charge in [0.25, 0.3) is 0 Å². The number of hydrogen-bond donors (Lipinski definition) is 1. The van der Waals surface area contributed by atoms with Crippen LogP contribution in [-0.4, -0.2) is 27.5 Å². The number of imide groups is 1. The average molecular weight is 602 g/mol. The second-order valence-corrected chi connectivity index (χ2v) is 12.3. The second kappa shape index (κ2) is 10.1. The van der Waals surface area contributed by atoms with Crippen LogP contribution in [0.5, 0.6) is 0 Å². The Morgan fingerprint density at radius 2 is 1.71 bits per heavy atom. The molecule has 2 aliphatic rings. The van der Waals surface area contributed by atoms with E-state index in [9.17, 15) is 19.2 Å². The number of nitrogens with zero attached hydrogens (tertiary/aromatic N) is 2. The zero-order chi connectivity index (χ0) is 28.2. The summed E-state index contributed by atoms with van der Waals surface area (Å²) in [4.78, 5) is 55.5. The Morgan fingerprint density at radius 1 is 0.927 bits per heavy atom. The summed E-state index contributed by atoms with van der Waals surface area (Å²) in [6.45, 7) is -0.244. The molecule has 1 N–H and O–H groups in total. The van der Waals surface area contributed by atoms with E-state index < -0.39 is 17.1 Å². The molecule has 7 rings (SSSR count). The van der Waals surface area contributed by atoms with Gasteiger partial charge in [-0.3, -0.25) is 23.7 Å². The molecule has 3 amide bonds. The van der Waals surface area contributed by atoms with Gasteiger partial charge in [-0.1, -0.05) is 71.1 Å². The zero-order valence-corrected chi connectivity index (χ0v) is 23.5. The van der Waals surface area contributed by atoms with Crippen molar-refractivity contribution in [2.24, 2.45) is 5.92 Å². The van der Waals surface area contributed by atoms with E-state index in [-0.39, 0.29) is 29.1 Å². The number of carbonyl (C=O) groups excluding carboxylic acids is 3. The molecule has 11 heteroatoms. The van der Waals surface area contributed by atoms with Gasteiger partial charge in [0, 0.05) is 16.1 Å². The summed E-state index contributed by atoms with van der Waals surface area (Å²) in [6, 6.07) is 23.3. The minimum Gasteiger partial charge on any atom is -0.469 e. The largest absolute Gasteiger partial charge is 0.469 e. The van der Waals surface area contributed by atoms with Crippen LogP contribution in [0.1, 0.15) is 16.6 Å². The molecule has 3 aromatic carbocycles. The number of amides is 3. The van der Waals surface area contributed by atoms with Crippen molar-refractivity contribution in [2.45, 2.75) is 22.7 Å². The molecule has 2 aromatic heterocycles. The molecule has 0 radical (unpaired) electrons. The topological polar surface area (TPSA) is 102 Å². The van der Waals surface area contributed by atoms with Gasteiger partial charge in [-0.2, -0.15) is 0 Å². The number of hydrogen-bond acceptors (Lipinski definition) is 7. The summed E-state index contributed by atoms with van der Waals surface area (Å²) in [5.74, 6) is -2.09. The van der Waals surface area contributed by atoms with Crippen molar-refractivity contribution in [1.29, 1.82) is 0 Å². The van der Waals surface area contributed by atoms with E-state index in [2.05, 4.69) is 5.32 Å². The number of thioether (sulfide) groups is 1. The van der Waals surface area contributed by atoms with Crippen molar-refractivity contribution >= 4 is 74.6 Å². The summed E-state index contributed by atoms with van der Waals surface area (Å²) in [5.41, 5.74) is 1.06. The van der Waals surface area contributed by atoms with Gasteiger partial charge in [-0.25, -0.2) is 4.90 Å². The fraction of sp³-hybridized carbons (Fsp3) is 0.133. The third-order valence-corrected chi connectivity index (χ3v) is 10.2. The predicted molar refractivity (Wildman–Crippen MR) is 159 cm³/mol. The molecule has 0 aliphatic carbocycles. The Kier molecular flexibility index (Phi) is 6.33. The molecular formula is C30H20ClN3O5S2. The average Bonchev–Trinajstić information content (AvgIpc) is 3.67. The Morgan fingerprint density at radius 3 is 2.49 bits per heavy atom. The maximum absolute atomic E-state index is 13.8. The standard InChI is InChI=1S/C30H20ClN3O5S2/c31-17-10-12-18(13-11-17)34-27(36)24-23(21-9-4-14-39-21)26-29(40-25(24)28(34)37)33(30(38)41-26)15-22(35)32-20-8-3-6-16-5-1-2-7-19(16)20/h1-14,23-25H,15H2,(H,32,35)/t23-,24-,25+/m0/s1.